The Morgan fingerprint density at radius 3 is 2.80 bits per heavy atom. The summed E-state index contributed by atoms with van der Waals surface area (Å²) in [5.74, 6) is -0.195. The molecule has 1 N–H and O–H groups in total. The first kappa shape index (κ1) is 15.4. The Hall–Kier alpha value is -3.10. The lowest BCUT2D eigenvalue weighted by Gasteiger charge is -2.20. The van der Waals surface area contributed by atoms with Crippen LogP contribution in [0.3, 0.4) is 0 Å². The predicted molar refractivity (Wildman–Crippen MR) is 90.6 cm³/mol. The third-order valence-electron chi connectivity index (χ3n) is 4.31. The van der Waals surface area contributed by atoms with E-state index in [2.05, 4.69) is 15.1 Å². The minimum atomic E-state index is -0.397. The molecule has 1 amide bonds. The van der Waals surface area contributed by atoms with Gasteiger partial charge in [-0.2, -0.15) is 4.98 Å². The Bertz CT molecular complexity index is 939. The number of fused-ring (bicyclic) bond motifs is 1. The largest absolute Gasteiger partial charge is 0.423 e. The van der Waals surface area contributed by atoms with Crippen molar-refractivity contribution >= 4 is 23.0 Å². The maximum absolute atomic E-state index is 12.5. The Labute approximate surface area is 142 Å². The van der Waals surface area contributed by atoms with Crippen LogP contribution in [-0.4, -0.2) is 56.7 Å². The molecule has 0 atom stereocenters. The zero-order valence-corrected chi connectivity index (χ0v) is 13.8. The summed E-state index contributed by atoms with van der Waals surface area (Å²) in [4.78, 5) is 34.7. The van der Waals surface area contributed by atoms with Gasteiger partial charge in [0.1, 0.15) is 5.52 Å². The van der Waals surface area contributed by atoms with Crippen molar-refractivity contribution in [2.24, 2.45) is 7.05 Å². The minimum Gasteiger partial charge on any atom is -0.423 e. The maximum Gasteiger partial charge on any atom is 0.343 e. The van der Waals surface area contributed by atoms with Crippen molar-refractivity contribution < 1.29 is 9.21 Å². The van der Waals surface area contributed by atoms with Gasteiger partial charge >= 0.3 is 5.69 Å². The molecular formula is C16H18N6O3. The zero-order chi connectivity index (χ0) is 17.4. The number of hydrogen-bond donors (Lipinski definition) is 1. The molecular weight excluding hydrogens is 324 g/mol. The number of anilines is 1. The minimum absolute atomic E-state index is 0.0720. The number of rotatable bonds is 2. The number of nitrogens with one attached hydrogen (secondary N) is 1. The quantitative estimate of drug-likeness (QED) is 0.732. The molecule has 1 saturated heterocycles. The van der Waals surface area contributed by atoms with E-state index in [0.29, 0.717) is 25.6 Å². The highest BCUT2D eigenvalue weighted by Gasteiger charge is 2.24. The highest BCUT2D eigenvalue weighted by molar-refractivity contribution is 5.90. The Morgan fingerprint density at radius 2 is 2.04 bits per heavy atom. The van der Waals surface area contributed by atoms with Crippen molar-refractivity contribution in [1.82, 2.24) is 24.6 Å². The average Bonchev–Trinajstić information content (AvgIpc) is 3.09. The van der Waals surface area contributed by atoms with Crippen LogP contribution in [0.1, 0.15) is 17.0 Å². The second-order valence-corrected chi connectivity index (χ2v) is 6.00. The zero-order valence-electron chi connectivity index (χ0n) is 13.8. The monoisotopic (exact) mass is 342 g/mol. The third kappa shape index (κ3) is 2.88. The third-order valence-corrected chi connectivity index (χ3v) is 4.31. The summed E-state index contributed by atoms with van der Waals surface area (Å²) in [7, 11) is 1.51. The van der Waals surface area contributed by atoms with Gasteiger partial charge in [0.05, 0.1) is 0 Å². The SMILES string of the molecule is Cn1nc(C(=O)N2CCCN(c3nc4ccccc4o3)CC2)[nH]c1=O. The molecule has 0 radical (unpaired) electrons. The number of carbonyl (C=O) groups excluding carboxylic acids is 1. The highest BCUT2D eigenvalue weighted by atomic mass is 16.4. The van der Waals surface area contributed by atoms with Crippen LogP contribution >= 0.6 is 0 Å². The van der Waals surface area contributed by atoms with Gasteiger partial charge in [0.2, 0.25) is 5.82 Å². The molecule has 1 fully saturated rings. The van der Waals surface area contributed by atoms with E-state index in [1.165, 1.54) is 7.05 Å². The summed E-state index contributed by atoms with van der Waals surface area (Å²) < 4.78 is 6.93. The first-order valence-corrected chi connectivity index (χ1v) is 8.15. The fraction of sp³-hybridized carbons (Fsp3) is 0.375. The molecule has 0 aliphatic carbocycles. The average molecular weight is 342 g/mol. The van der Waals surface area contributed by atoms with Crippen LogP contribution in [-0.2, 0) is 7.05 Å². The van der Waals surface area contributed by atoms with E-state index in [0.717, 1.165) is 28.7 Å². The Balaban J connectivity index is 1.49. The van der Waals surface area contributed by atoms with Crippen molar-refractivity contribution in [3.05, 3.63) is 40.6 Å². The van der Waals surface area contributed by atoms with Gasteiger partial charge in [0.25, 0.3) is 11.9 Å². The van der Waals surface area contributed by atoms with Gasteiger partial charge in [-0.15, -0.1) is 5.10 Å². The van der Waals surface area contributed by atoms with E-state index in [1.807, 2.05) is 29.2 Å². The van der Waals surface area contributed by atoms with Gasteiger partial charge < -0.3 is 14.2 Å². The van der Waals surface area contributed by atoms with E-state index in [4.69, 9.17) is 4.42 Å². The van der Waals surface area contributed by atoms with E-state index in [1.54, 1.807) is 4.90 Å². The molecule has 0 unspecified atom stereocenters. The lowest BCUT2D eigenvalue weighted by Crippen LogP contribution is -2.36. The summed E-state index contributed by atoms with van der Waals surface area (Å²) in [5.41, 5.74) is 1.17. The van der Waals surface area contributed by atoms with Gasteiger partial charge in [-0.3, -0.25) is 9.78 Å². The van der Waals surface area contributed by atoms with Crippen molar-refractivity contribution in [2.75, 3.05) is 31.1 Å². The molecule has 4 rings (SSSR count). The van der Waals surface area contributed by atoms with E-state index < -0.39 is 5.69 Å². The van der Waals surface area contributed by atoms with Crippen molar-refractivity contribution in [3.8, 4) is 0 Å². The van der Waals surface area contributed by atoms with Crippen LogP contribution in [0.4, 0.5) is 6.01 Å². The summed E-state index contributed by atoms with van der Waals surface area (Å²) >= 11 is 0. The maximum atomic E-state index is 12.5. The molecule has 0 saturated carbocycles. The number of hydrogen-bond acceptors (Lipinski definition) is 6. The molecule has 0 bridgehead atoms. The molecule has 130 valence electrons. The number of para-hydroxylation sites is 2. The number of amides is 1. The molecule has 1 aliphatic heterocycles. The lowest BCUT2D eigenvalue weighted by atomic mass is 10.3. The Kier molecular flexibility index (Phi) is 3.75. The van der Waals surface area contributed by atoms with E-state index >= 15 is 0 Å². The second-order valence-electron chi connectivity index (χ2n) is 6.00. The van der Waals surface area contributed by atoms with Gasteiger partial charge in [0.15, 0.2) is 5.58 Å². The molecule has 1 aliphatic rings. The molecule has 9 nitrogen and oxygen atoms in total. The van der Waals surface area contributed by atoms with Crippen molar-refractivity contribution in [3.63, 3.8) is 0 Å². The van der Waals surface area contributed by atoms with Crippen LogP contribution in [0.2, 0.25) is 0 Å². The molecule has 0 spiro atoms. The fourth-order valence-corrected chi connectivity index (χ4v) is 2.96. The first-order valence-electron chi connectivity index (χ1n) is 8.15. The van der Waals surface area contributed by atoms with Crippen LogP contribution in [0.15, 0.2) is 33.5 Å². The van der Waals surface area contributed by atoms with Crippen molar-refractivity contribution in [1.29, 1.82) is 0 Å². The summed E-state index contributed by atoms with van der Waals surface area (Å²) in [5, 5.41) is 3.93. The Morgan fingerprint density at radius 1 is 1.20 bits per heavy atom. The van der Waals surface area contributed by atoms with Crippen LogP contribution < -0.4 is 10.6 Å². The van der Waals surface area contributed by atoms with Crippen LogP contribution in [0, 0.1) is 0 Å². The van der Waals surface area contributed by atoms with Gasteiger partial charge in [-0.05, 0) is 18.6 Å². The molecule has 9 heteroatoms. The number of oxazole rings is 1. The number of benzene rings is 1. The van der Waals surface area contributed by atoms with Crippen LogP contribution in [0.5, 0.6) is 0 Å². The molecule has 1 aromatic carbocycles. The number of aromatic nitrogens is 4. The number of aromatic amines is 1. The van der Waals surface area contributed by atoms with Gasteiger partial charge in [0, 0.05) is 33.2 Å². The standard InChI is InChI=1S/C16H18N6O3/c1-20-15(24)18-13(19-20)14(23)21-7-4-8-22(10-9-21)16-17-11-5-2-3-6-12(11)25-16/h2-3,5-6H,4,7-10H2,1H3,(H,18,19,24). The fourth-order valence-electron chi connectivity index (χ4n) is 2.96. The van der Waals surface area contributed by atoms with Gasteiger partial charge in [-0.25, -0.2) is 9.48 Å². The predicted octanol–water partition coefficient (Wildman–Crippen LogP) is 0.602. The van der Waals surface area contributed by atoms with Crippen molar-refractivity contribution in [2.45, 2.75) is 6.42 Å². The highest BCUT2D eigenvalue weighted by Crippen LogP contribution is 2.22. The summed E-state index contributed by atoms with van der Waals surface area (Å²) in [6.07, 6.45) is 0.779. The number of aryl methyl sites for hydroxylation is 1. The van der Waals surface area contributed by atoms with Crippen LogP contribution in [0.25, 0.3) is 11.1 Å². The second kappa shape index (κ2) is 6.08. The summed E-state index contributed by atoms with van der Waals surface area (Å²) in [6.45, 7) is 2.45. The van der Waals surface area contributed by atoms with E-state index in [-0.39, 0.29) is 11.7 Å². The molecule has 3 aromatic rings. The number of carbonyl (C=O) groups is 1. The molecule has 25 heavy (non-hydrogen) atoms. The number of nitrogens with zero attached hydrogens (tertiary/aromatic N) is 5. The van der Waals surface area contributed by atoms with E-state index in [9.17, 15) is 9.59 Å². The topological polar surface area (TPSA) is 100 Å². The molecule has 2 aromatic heterocycles. The normalized spacial score (nSPS) is 15.6. The molecule has 3 heterocycles. The lowest BCUT2D eigenvalue weighted by molar-refractivity contribution is 0.0754. The summed E-state index contributed by atoms with van der Waals surface area (Å²) in [6, 6.07) is 8.20. The van der Waals surface area contributed by atoms with Gasteiger partial charge in [-0.1, -0.05) is 12.1 Å². The first-order chi connectivity index (χ1) is 12.1. The smallest absolute Gasteiger partial charge is 0.343 e. The number of H-pyrrole nitrogens is 1.